The van der Waals surface area contributed by atoms with Crippen LogP contribution in [0.2, 0.25) is 0 Å². The number of nitrogens with zero attached hydrogens (tertiary/aromatic N) is 2. The lowest BCUT2D eigenvalue weighted by Crippen LogP contribution is -2.35. The molecule has 1 heterocycles. The molecule has 0 aliphatic heterocycles. The third-order valence-electron chi connectivity index (χ3n) is 3.81. The summed E-state index contributed by atoms with van der Waals surface area (Å²) in [6.45, 7) is 4.05. The highest BCUT2D eigenvalue weighted by molar-refractivity contribution is 5.97. The van der Waals surface area contributed by atoms with Crippen molar-refractivity contribution in [3.63, 3.8) is 0 Å². The fourth-order valence-corrected chi connectivity index (χ4v) is 2.59. The van der Waals surface area contributed by atoms with E-state index in [1.165, 1.54) is 12.8 Å². The summed E-state index contributed by atoms with van der Waals surface area (Å²) in [5.74, 6) is 0.179. The second-order valence-corrected chi connectivity index (χ2v) is 5.41. The highest BCUT2D eigenvalue weighted by Gasteiger charge is 2.28. The van der Waals surface area contributed by atoms with Gasteiger partial charge < -0.3 is 10.6 Å². The molecule has 1 aliphatic carbocycles. The van der Waals surface area contributed by atoms with Gasteiger partial charge in [-0.25, -0.2) is 0 Å². The molecule has 0 atom stereocenters. The van der Waals surface area contributed by atoms with Crippen LogP contribution in [0.3, 0.4) is 0 Å². The largest absolute Gasteiger partial charge is 0.395 e. The SMILES string of the molecule is CC(C)c1[nH]nc(C(=O)N(C)C2CCCC2)c1N. The molecule has 1 aromatic rings. The van der Waals surface area contributed by atoms with Gasteiger partial charge in [0.05, 0.1) is 11.4 Å². The lowest BCUT2D eigenvalue weighted by atomic mass is 10.1. The van der Waals surface area contributed by atoms with E-state index in [1.807, 2.05) is 20.9 Å². The molecule has 2 rings (SSSR count). The number of carbonyl (C=O) groups excluding carboxylic acids is 1. The smallest absolute Gasteiger partial charge is 0.276 e. The average molecular weight is 250 g/mol. The van der Waals surface area contributed by atoms with Gasteiger partial charge in [-0.15, -0.1) is 0 Å². The molecule has 0 unspecified atom stereocenters. The van der Waals surface area contributed by atoms with Crippen molar-refractivity contribution in [2.45, 2.75) is 51.5 Å². The van der Waals surface area contributed by atoms with Crippen LogP contribution in [-0.2, 0) is 0 Å². The Balaban J connectivity index is 2.18. The third-order valence-corrected chi connectivity index (χ3v) is 3.81. The summed E-state index contributed by atoms with van der Waals surface area (Å²) in [6, 6.07) is 0.344. The first-order valence-corrected chi connectivity index (χ1v) is 6.63. The molecule has 1 saturated carbocycles. The first kappa shape index (κ1) is 12.9. The summed E-state index contributed by atoms with van der Waals surface area (Å²) >= 11 is 0. The monoisotopic (exact) mass is 250 g/mol. The van der Waals surface area contributed by atoms with Crippen LogP contribution >= 0.6 is 0 Å². The summed E-state index contributed by atoms with van der Waals surface area (Å²) in [5, 5.41) is 6.97. The summed E-state index contributed by atoms with van der Waals surface area (Å²) < 4.78 is 0. The second-order valence-electron chi connectivity index (χ2n) is 5.41. The molecule has 3 N–H and O–H groups in total. The molecule has 0 radical (unpaired) electrons. The van der Waals surface area contributed by atoms with Gasteiger partial charge in [0.1, 0.15) is 0 Å². The van der Waals surface area contributed by atoms with Gasteiger partial charge in [0.25, 0.3) is 5.91 Å². The number of hydrogen-bond acceptors (Lipinski definition) is 3. The van der Waals surface area contributed by atoms with Crippen LogP contribution < -0.4 is 5.73 Å². The van der Waals surface area contributed by atoms with Gasteiger partial charge in [-0.2, -0.15) is 5.10 Å². The normalized spacial score (nSPS) is 16.4. The van der Waals surface area contributed by atoms with Crippen LogP contribution in [0.5, 0.6) is 0 Å². The van der Waals surface area contributed by atoms with Gasteiger partial charge >= 0.3 is 0 Å². The van der Waals surface area contributed by atoms with Crippen molar-refractivity contribution < 1.29 is 4.79 Å². The Morgan fingerprint density at radius 2 is 2.06 bits per heavy atom. The predicted octanol–water partition coefficient (Wildman–Crippen LogP) is 2.13. The molecule has 0 aromatic carbocycles. The minimum atomic E-state index is -0.0671. The molecule has 100 valence electrons. The van der Waals surface area contributed by atoms with Crippen molar-refractivity contribution in [1.82, 2.24) is 15.1 Å². The van der Waals surface area contributed by atoms with Gasteiger partial charge in [-0.05, 0) is 18.8 Å². The zero-order valence-corrected chi connectivity index (χ0v) is 11.4. The summed E-state index contributed by atoms with van der Waals surface area (Å²) in [6.07, 6.45) is 4.58. The maximum atomic E-state index is 12.4. The number of aromatic amines is 1. The Morgan fingerprint density at radius 1 is 1.44 bits per heavy atom. The molecule has 1 amide bonds. The number of rotatable bonds is 3. The third kappa shape index (κ3) is 2.21. The van der Waals surface area contributed by atoms with E-state index in [4.69, 9.17) is 5.73 Å². The van der Waals surface area contributed by atoms with Crippen molar-refractivity contribution in [3.05, 3.63) is 11.4 Å². The molecule has 5 nitrogen and oxygen atoms in total. The highest BCUT2D eigenvalue weighted by Crippen LogP contribution is 2.26. The molecule has 1 aliphatic rings. The minimum absolute atomic E-state index is 0.0671. The Bertz CT molecular complexity index is 432. The van der Waals surface area contributed by atoms with E-state index >= 15 is 0 Å². The van der Waals surface area contributed by atoms with E-state index < -0.39 is 0 Å². The van der Waals surface area contributed by atoms with Gasteiger partial charge in [0.2, 0.25) is 0 Å². The van der Waals surface area contributed by atoms with E-state index in [1.54, 1.807) is 4.90 Å². The van der Waals surface area contributed by atoms with E-state index in [-0.39, 0.29) is 11.8 Å². The number of nitrogen functional groups attached to an aromatic ring is 1. The van der Waals surface area contributed by atoms with E-state index in [2.05, 4.69) is 10.2 Å². The summed E-state index contributed by atoms with van der Waals surface area (Å²) in [7, 11) is 1.85. The fraction of sp³-hybridized carbons (Fsp3) is 0.692. The van der Waals surface area contributed by atoms with Crippen LogP contribution in [0.4, 0.5) is 5.69 Å². The van der Waals surface area contributed by atoms with E-state index in [0.29, 0.717) is 17.4 Å². The number of aromatic nitrogens is 2. The molecule has 0 bridgehead atoms. The Labute approximate surface area is 108 Å². The molecular formula is C13H22N4O. The standard InChI is InChI=1S/C13H22N4O/c1-8(2)11-10(14)12(16-15-11)13(18)17(3)9-6-4-5-7-9/h8-9H,4-7,14H2,1-3H3,(H,15,16). The molecule has 5 heteroatoms. The van der Waals surface area contributed by atoms with E-state index in [0.717, 1.165) is 18.5 Å². The molecule has 18 heavy (non-hydrogen) atoms. The first-order valence-electron chi connectivity index (χ1n) is 6.63. The Morgan fingerprint density at radius 3 is 2.56 bits per heavy atom. The number of nitrogens with one attached hydrogen (secondary N) is 1. The van der Waals surface area contributed by atoms with Gasteiger partial charge in [0.15, 0.2) is 5.69 Å². The summed E-state index contributed by atoms with van der Waals surface area (Å²) in [4.78, 5) is 14.1. The first-order chi connectivity index (χ1) is 8.52. The number of anilines is 1. The van der Waals surface area contributed by atoms with Crippen LogP contribution in [0, 0.1) is 0 Å². The zero-order valence-electron chi connectivity index (χ0n) is 11.4. The maximum Gasteiger partial charge on any atom is 0.276 e. The Kier molecular flexibility index (Phi) is 3.59. The van der Waals surface area contributed by atoms with Crippen LogP contribution in [0.25, 0.3) is 0 Å². The summed E-state index contributed by atoms with van der Waals surface area (Å²) in [5.41, 5.74) is 7.71. The van der Waals surface area contributed by atoms with E-state index in [9.17, 15) is 4.79 Å². The quantitative estimate of drug-likeness (QED) is 0.863. The molecule has 1 aromatic heterocycles. The van der Waals surface area contributed by atoms with Crippen molar-refractivity contribution in [2.75, 3.05) is 12.8 Å². The van der Waals surface area contributed by atoms with Gasteiger partial charge in [0, 0.05) is 13.1 Å². The predicted molar refractivity (Wildman–Crippen MR) is 71.4 cm³/mol. The zero-order chi connectivity index (χ0) is 13.3. The lowest BCUT2D eigenvalue weighted by molar-refractivity contribution is 0.0730. The maximum absolute atomic E-state index is 12.4. The molecular weight excluding hydrogens is 228 g/mol. The van der Waals surface area contributed by atoms with Crippen molar-refractivity contribution in [2.24, 2.45) is 0 Å². The molecule has 0 saturated heterocycles. The lowest BCUT2D eigenvalue weighted by Gasteiger charge is -2.23. The Hall–Kier alpha value is -1.52. The second kappa shape index (κ2) is 5.00. The molecule has 1 fully saturated rings. The van der Waals surface area contributed by atoms with Crippen LogP contribution in [0.1, 0.15) is 61.6 Å². The van der Waals surface area contributed by atoms with Crippen LogP contribution in [-0.4, -0.2) is 34.1 Å². The number of amides is 1. The topological polar surface area (TPSA) is 75.0 Å². The van der Waals surface area contributed by atoms with Gasteiger partial charge in [-0.1, -0.05) is 26.7 Å². The van der Waals surface area contributed by atoms with Crippen molar-refractivity contribution in [1.29, 1.82) is 0 Å². The number of hydrogen-bond donors (Lipinski definition) is 2. The van der Waals surface area contributed by atoms with Crippen molar-refractivity contribution >= 4 is 11.6 Å². The van der Waals surface area contributed by atoms with Gasteiger partial charge in [-0.3, -0.25) is 9.89 Å². The molecule has 0 spiro atoms. The minimum Gasteiger partial charge on any atom is -0.395 e. The average Bonchev–Trinajstić information content (AvgIpc) is 2.95. The fourth-order valence-electron chi connectivity index (χ4n) is 2.59. The van der Waals surface area contributed by atoms with Crippen LogP contribution in [0.15, 0.2) is 0 Å². The highest BCUT2D eigenvalue weighted by atomic mass is 16.2. The van der Waals surface area contributed by atoms with Crippen molar-refractivity contribution in [3.8, 4) is 0 Å². The number of H-pyrrole nitrogens is 1. The number of nitrogens with two attached hydrogens (primary N) is 1. The number of carbonyl (C=O) groups is 1.